The Morgan fingerprint density at radius 1 is 1.00 bits per heavy atom. The number of piperazine rings is 1. The highest BCUT2D eigenvalue weighted by atomic mass is 35.5. The molecule has 0 aliphatic carbocycles. The first-order valence-electron chi connectivity index (χ1n) is 8.54. The zero-order valence-corrected chi connectivity index (χ0v) is 16.1. The zero-order valence-electron chi connectivity index (χ0n) is 14.4. The Balaban J connectivity index is 0.00000196. The fourth-order valence-corrected chi connectivity index (χ4v) is 4.37. The van der Waals surface area contributed by atoms with E-state index in [-0.39, 0.29) is 18.3 Å². The van der Waals surface area contributed by atoms with Gasteiger partial charge in [-0.1, -0.05) is 36.4 Å². The van der Waals surface area contributed by atoms with E-state index in [1.54, 1.807) is 0 Å². The van der Waals surface area contributed by atoms with Crippen LogP contribution in [0.1, 0.15) is 15.2 Å². The molecular weight excluding hydrogens is 366 g/mol. The molecule has 0 radical (unpaired) electrons. The van der Waals surface area contributed by atoms with Crippen LogP contribution < -0.4 is 10.6 Å². The van der Waals surface area contributed by atoms with Gasteiger partial charge in [0.15, 0.2) is 0 Å². The number of hydrogen-bond donors (Lipinski definition) is 1. The van der Waals surface area contributed by atoms with Crippen LogP contribution in [0.3, 0.4) is 0 Å². The van der Waals surface area contributed by atoms with E-state index in [1.165, 1.54) is 22.6 Å². The number of carbonyl (C=O) groups is 1. The minimum absolute atomic E-state index is 0. The van der Waals surface area contributed by atoms with Crippen molar-refractivity contribution < 1.29 is 4.79 Å². The van der Waals surface area contributed by atoms with E-state index in [0.717, 1.165) is 42.8 Å². The number of hydrogen-bond acceptors (Lipinski definition) is 4. The number of fused-ring (bicyclic) bond motifs is 1. The molecule has 1 aliphatic rings. The monoisotopic (exact) mass is 387 g/mol. The molecule has 2 heterocycles. The number of nitrogens with zero attached hydrogens (tertiary/aromatic N) is 2. The summed E-state index contributed by atoms with van der Waals surface area (Å²) < 4.78 is 1.12. The predicted molar refractivity (Wildman–Crippen MR) is 112 cm³/mol. The van der Waals surface area contributed by atoms with Crippen molar-refractivity contribution in [2.45, 2.75) is 6.54 Å². The first-order chi connectivity index (χ1) is 12.2. The van der Waals surface area contributed by atoms with Gasteiger partial charge in [-0.25, -0.2) is 0 Å². The van der Waals surface area contributed by atoms with Crippen LogP contribution in [-0.4, -0.2) is 37.0 Å². The number of benzene rings is 2. The quantitative estimate of drug-likeness (QED) is 0.741. The molecule has 136 valence electrons. The minimum Gasteiger partial charge on any atom is -0.368 e. The molecule has 1 aliphatic heterocycles. The second-order valence-electron chi connectivity index (χ2n) is 6.41. The lowest BCUT2D eigenvalue weighted by atomic mass is 10.1. The fourth-order valence-electron chi connectivity index (χ4n) is 3.43. The summed E-state index contributed by atoms with van der Waals surface area (Å²) in [7, 11) is 0. The molecule has 2 aromatic carbocycles. The van der Waals surface area contributed by atoms with E-state index in [9.17, 15) is 4.79 Å². The lowest BCUT2D eigenvalue weighted by Gasteiger charge is -2.36. The van der Waals surface area contributed by atoms with Crippen LogP contribution >= 0.6 is 23.7 Å². The molecule has 3 aromatic rings. The molecule has 6 heteroatoms. The summed E-state index contributed by atoms with van der Waals surface area (Å²) in [5.74, 6) is -0.347. The van der Waals surface area contributed by atoms with Crippen LogP contribution in [0.5, 0.6) is 0 Å². The van der Waals surface area contributed by atoms with Crippen molar-refractivity contribution >= 4 is 45.4 Å². The van der Waals surface area contributed by atoms with E-state index in [1.807, 2.05) is 6.07 Å². The second kappa shape index (κ2) is 8.08. The largest absolute Gasteiger partial charge is 0.368 e. The van der Waals surface area contributed by atoms with Gasteiger partial charge in [0.05, 0.1) is 4.88 Å². The van der Waals surface area contributed by atoms with Gasteiger partial charge in [-0.3, -0.25) is 9.69 Å². The SMILES string of the molecule is Cl.NC(=O)c1cc2c(N3CCN(Cc4ccccc4)CC3)cccc2s1. The Labute approximate surface area is 163 Å². The molecular formula is C20H22ClN3OS. The third-order valence-electron chi connectivity index (χ3n) is 4.74. The van der Waals surface area contributed by atoms with E-state index < -0.39 is 0 Å². The number of primary amides is 1. The molecule has 0 atom stereocenters. The third-order valence-corrected chi connectivity index (χ3v) is 5.86. The Bertz CT molecular complexity index is 888. The smallest absolute Gasteiger partial charge is 0.258 e. The maximum absolute atomic E-state index is 11.5. The van der Waals surface area contributed by atoms with E-state index >= 15 is 0 Å². The molecule has 2 N–H and O–H groups in total. The first-order valence-corrected chi connectivity index (χ1v) is 9.36. The van der Waals surface area contributed by atoms with Crippen LogP contribution in [0, 0.1) is 0 Å². The molecule has 1 amide bonds. The number of carbonyl (C=O) groups excluding carboxylic acids is 1. The van der Waals surface area contributed by atoms with Crippen LogP contribution in [-0.2, 0) is 6.54 Å². The van der Waals surface area contributed by atoms with Gasteiger partial charge in [-0.2, -0.15) is 0 Å². The van der Waals surface area contributed by atoms with Gasteiger partial charge in [0.2, 0.25) is 0 Å². The van der Waals surface area contributed by atoms with Crippen LogP contribution in [0.4, 0.5) is 5.69 Å². The summed E-state index contributed by atoms with van der Waals surface area (Å²) >= 11 is 1.47. The normalized spacial score (nSPS) is 15.0. The molecule has 4 nitrogen and oxygen atoms in total. The van der Waals surface area contributed by atoms with Crippen molar-refractivity contribution in [2.75, 3.05) is 31.1 Å². The zero-order chi connectivity index (χ0) is 17.2. The predicted octanol–water partition coefficient (Wildman–Crippen LogP) is 3.74. The van der Waals surface area contributed by atoms with Crippen molar-refractivity contribution in [2.24, 2.45) is 5.73 Å². The summed E-state index contributed by atoms with van der Waals surface area (Å²) in [5, 5.41) is 1.14. The third kappa shape index (κ3) is 3.85. The number of halogens is 1. The van der Waals surface area contributed by atoms with Crippen LogP contribution in [0.25, 0.3) is 10.1 Å². The number of nitrogens with two attached hydrogens (primary N) is 1. The van der Waals surface area contributed by atoms with Gasteiger partial charge in [-0.05, 0) is 23.8 Å². The summed E-state index contributed by atoms with van der Waals surface area (Å²) in [6.45, 7) is 5.07. The maximum atomic E-state index is 11.5. The van der Waals surface area contributed by atoms with Gasteiger partial charge in [-0.15, -0.1) is 23.7 Å². The Hall–Kier alpha value is -2.08. The highest BCUT2D eigenvalue weighted by molar-refractivity contribution is 7.20. The summed E-state index contributed by atoms with van der Waals surface area (Å²) in [6.07, 6.45) is 0. The van der Waals surface area contributed by atoms with Crippen LogP contribution in [0.15, 0.2) is 54.6 Å². The topological polar surface area (TPSA) is 49.6 Å². The van der Waals surface area contributed by atoms with Gasteiger partial charge < -0.3 is 10.6 Å². The molecule has 1 aromatic heterocycles. The van der Waals surface area contributed by atoms with Crippen molar-refractivity contribution in [1.82, 2.24) is 4.90 Å². The van der Waals surface area contributed by atoms with Gasteiger partial charge in [0.1, 0.15) is 0 Å². The molecule has 0 bridgehead atoms. The summed E-state index contributed by atoms with van der Waals surface area (Å²) in [5.41, 5.74) is 8.02. The number of thiophene rings is 1. The Morgan fingerprint density at radius 2 is 1.73 bits per heavy atom. The van der Waals surface area contributed by atoms with E-state index in [2.05, 4.69) is 58.3 Å². The molecule has 0 unspecified atom stereocenters. The number of amides is 1. The lowest BCUT2D eigenvalue weighted by Crippen LogP contribution is -2.46. The highest BCUT2D eigenvalue weighted by Crippen LogP contribution is 2.33. The minimum atomic E-state index is -0.347. The number of anilines is 1. The first kappa shape index (κ1) is 18.7. The fraction of sp³-hybridized carbons (Fsp3) is 0.250. The summed E-state index contributed by atoms with van der Waals surface area (Å²) in [6, 6.07) is 18.8. The van der Waals surface area contributed by atoms with Crippen molar-refractivity contribution in [3.05, 3.63) is 65.0 Å². The average Bonchev–Trinajstić information content (AvgIpc) is 3.08. The van der Waals surface area contributed by atoms with Crippen molar-refractivity contribution in [1.29, 1.82) is 0 Å². The van der Waals surface area contributed by atoms with Crippen LogP contribution in [0.2, 0.25) is 0 Å². The van der Waals surface area contributed by atoms with Gasteiger partial charge in [0.25, 0.3) is 5.91 Å². The standard InChI is InChI=1S/C20H21N3OS.ClH/c21-20(24)19-13-16-17(7-4-8-18(16)25-19)23-11-9-22(10-12-23)14-15-5-2-1-3-6-15;/h1-8,13H,9-12,14H2,(H2,21,24);1H. The molecule has 4 rings (SSSR count). The summed E-state index contributed by atoms with van der Waals surface area (Å²) in [4.78, 5) is 17.0. The van der Waals surface area contributed by atoms with Gasteiger partial charge >= 0.3 is 0 Å². The number of rotatable bonds is 4. The van der Waals surface area contributed by atoms with Crippen molar-refractivity contribution in [3.63, 3.8) is 0 Å². The van der Waals surface area contributed by atoms with E-state index in [4.69, 9.17) is 5.73 Å². The molecule has 26 heavy (non-hydrogen) atoms. The maximum Gasteiger partial charge on any atom is 0.258 e. The molecule has 1 saturated heterocycles. The van der Waals surface area contributed by atoms with Crippen molar-refractivity contribution in [3.8, 4) is 0 Å². The Kier molecular flexibility index (Phi) is 5.81. The second-order valence-corrected chi connectivity index (χ2v) is 7.50. The molecule has 0 saturated carbocycles. The molecule has 0 spiro atoms. The lowest BCUT2D eigenvalue weighted by molar-refractivity contribution is 0.100. The molecule has 1 fully saturated rings. The van der Waals surface area contributed by atoms with Gasteiger partial charge in [0, 0.05) is 48.5 Å². The Morgan fingerprint density at radius 3 is 2.42 bits per heavy atom. The van der Waals surface area contributed by atoms with E-state index in [0.29, 0.717) is 4.88 Å². The highest BCUT2D eigenvalue weighted by Gasteiger charge is 2.20. The average molecular weight is 388 g/mol.